The summed E-state index contributed by atoms with van der Waals surface area (Å²) in [6.45, 7) is 4.01. The number of carboxylic acids is 2. The number of carboxylic acid groups (broad SMARTS) is 2. The first-order valence-electron chi connectivity index (χ1n) is 13.4. The van der Waals surface area contributed by atoms with Crippen LogP contribution in [-0.2, 0) is 9.59 Å². The maximum atomic E-state index is 11.5. The quantitative estimate of drug-likeness (QED) is 0.147. The second kappa shape index (κ2) is 20.8. The van der Waals surface area contributed by atoms with Gasteiger partial charge in [0.25, 0.3) is 0 Å². The van der Waals surface area contributed by atoms with E-state index in [1.165, 1.54) is 96.3 Å². The predicted molar refractivity (Wildman–Crippen MR) is 131 cm³/mol. The minimum Gasteiger partial charge on any atom is -0.481 e. The van der Waals surface area contributed by atoms with Gasteiger partial charge < -0.3 is 10.2 Å². The molecule has 4 nitrogen and oxygen atoms in total. The highest BCUT2D eigenvalue weighted by molar-refractivity contribution is 5.74. The number of aliphatic carboxylic acids is 2. The van der Waals surface area contributed by atoms with Crippen molar-refractivity contribution < 1.29 is 19.8 Å². The second-order valence-electron chi connectivity index (χ2n) is 9.55. The molecule has 0 radical (unpaired) electrons. The Balaban J connectivity index is 3.27. The number of unbranched alkanes of at least 4 members (excludes halogenated alkanes) is 17. The van der Waals surface area contributed by atoms with Crippen LogP contribution in [0.3, 0.4) is 0 Å². The predicted octanol–water partition coefficient (Wildman–Crippen LogP) is 8.76. The van der Waals surface area contributed by atoms with Gasteiger partial charge >= 0.3 is 11.9 Å². The van der Waals surface area contributed by atoms with E-state index in [4.69, 9.17) is 5.11 Å². The molecule has 0 saturated heterocycles. The van der Waals surface area contributed by atoms with Crippen molar-refractivity contribution in [2.75, 3.05) is 0 Å². The minimum absolute atomic E-state index is 0.327. The van der Waals surface area contributed by atoms with Crippen LogP contribution in [0.4, 0.5) is 0 Å². The summed E-state index contributed by atoms with van der Waals surface area (Å²) >= 11 is 0. The summed E-state index contributed by atoms with van der Waals surface area (Å²) in [5.41, 5.74) is -0.483. The molecule has 31 heavy (non-hydrogen) atoms. The van der Waals surface area contributed by atoms with Gasteiger partial charge in [0.05, 0.1) is 5.41 Å². The van der Waals surface area contributed by atoms with Gasteiger partial charge in [-0.3, -0.25) is 9.59 Å². The van der Waals surface area contributed by atoms with Crippen LogP contribution in [0, 0.1) is 5.41 Å². The first-order valence-corrected chi connectivity index (χ1v) is 13.4. The molecule has 4 heteroatoms. The molecule has 0 rings (SSSR count). The third-order valence-corrected chi connectivity index (χ3v) is 7.10. The Morgan fingerprint density at radius 2 is 0.806 bits per heavy atom. The molecule has 0 spiro atoms. The lowest BCUT2D eigenvalue weighted by atomic mass is 9.78. The molecule has 0 aromatic heterocycles. The first-order chi connectivity index (χ1) is 15.0. The molecular weight excluding hydrogens is 388 g/mol. The van der Waals surface area contributed by atoms with Crippen LogP contribution in [0.1, 0.15) is 155 Å². The van der Waals surface area contributed by atoms with Crippen molar-refractivity contribution in [3.63, 3.8) is 0 Å². The van der Waals surface area contributed by atoms with Crippen LogP contribution in [0.25, 0.3) is 0 Å². The van der Waals surface area contributed by atoms with Crippen molar-refractivity contribution in [2.45, 2.75) is 155 Å². The fraction of sp³-hybridized carbons (Fsp3) is 0.926. The molecule has 0 saturated carbocycles. The Kier molecular flexibility index (Phi) is 20.1. The molecular formula is C27H52O4. The van der Waals surface area contributed by atoms with Crippen LogP contribution in [0.2, 0.25) is 0 Å². The highest BCUT2D eigenvalue weighted by Gasteiger charge is 2.33. The highest BCUT2D eigenvalue weighted by atomic mass is 16.4. The van der Waals surface area contributed by atoms with E-state index in [0.717, 1.165) is 38.5 Å². The lowest BCUT2D eigenvalue weighted by Crippen LogP contribution is -2.29. The Hall–Kier alpha value is -1.06. The van der Waals surface area contributed by atoms with Gasteiger partial charge in [-0.25, -0.2) is 0 Å². The summed E-state index contributed by atoms with van der Waals surface area (Å²) in [7, 11) is 0. The molecule has 0 atom stereocenters. The summed E-state index contributed by atoms with van der Waals surface area (Å²) in [5.74, 6) is -1.28. The normalized spacial score (nSPS) is 11.7. The zero-order valence-corrected chi connectivity index (χ0v) is 20.8. The van der Waals surface area contributed by atoms with E-state index in [-0.39, 0.29) is 0 Å². The fourth-order valence-electron chi connectivity index (χ4n) is 4.58. The molecule has 0 amide bonds. The van der Waals surface area contributed by atoms with Crippen molar-refractivity contribution >= 4 is 11.9 Å². The molecule has 0 heterocycles. The number of hydrogen-bond donors (Lipinski definition) is 2. The molecule has 0 aliphatic heterocycles. The highest BCUT2D eigenvalue weighted by Crippen LogP contribution is 2.33. The monoisotopic (exact) mass is 440 g/mol. The van der Waals surface area contributed by atoms with E-state index in [2.05, 4.69) is 0 Å². The first kappa shape index (κ1) is 29.9. The van der Waals surface area contributed by atoms with E-state index in [1.807, 2.05) is 13.8 Å². The maximum absolute atomic E-state index is 11.5. The van der Waals surface area contributed by atoms with E-state index >= 15 is 0 Å². The standard InChI is InChI=1S/C27H52O4/c1-3-27(4-2,26(30)31)24-22-20-18-16-14-12-10-8-6-5-7-9-11-13-15-17-19-21-23-25(28)29/h3-24H2,1-2H3,(H,28,29)(H,30,31). The van der Waals surface area contributed by atoms with Crippen molar-refractivity contribution in [1.82, 2.24) is 0 Å². The Labute approximate surface area is 192 Å². The van der Waals surface area contributed by atoms with Crippen LogP contribution >= 0.6 is 0 Å². The lowest BCUT2D eigenvalue weighted by Gasteiger charge is -2.26. The summed E-state index contributed by atoms with van der Waals surface area (Å²) in [6.07, 6.45) is 25.3. The lowest BCUT2D eigenvalue weighted by molar-refractivity contribution is -0.150. The zero-order valence-electron chi connectivity index (χ0n) is 20.8. The van der Waals surface area contributed by atoms with Crippen LogP contribution < -0.4 is 0 Å². The van der Waals surface area contributed by atoms with Gasteiger partial charge in [0.2, 0.25) is 0 Å². The smallest absolute Gasteiger partial charge is 0.309 e. The van der Waals surface area contributed by atoms with Crippen molar-refractivity contribution in [1.29, 1.82) is 0 Å². The largest absolute Gasteiger partial charge is 0.481 e. The minimum atomic E-state index is -0.667. The SMILES string of the molecule is CCC(CC)(CCCCCCCCCCCCCCCCCCCCC(=O)O)C(=O)O. The summed E-state index contributed by atoms with van der Waals surface area (Å²) in [6, 6.07) is 0. The van der Waals surface area contributed by atoms with E-state index in [0.29, 0.717) is 6.42 Å². The maximum Gasteiger partial charge on any atom is 0.309 e. The van der Waals surface area contributed by atoms with Crippen molar-refractivity contribution in [3.05, 3.63) is 0 Å². The van der Waals surface area contributed by atoms with E-state index in [1.54, 1.807) is 0 Å². The molecule has 0 aromatic carbocycles. The molecule has 184 valence electrons. The third kappa shape index (κ3) is 17.2. The Bertz CT molecular complexity index is 429. The molecule has 0 unspecified atom stereocenters. The average molecular weight is 441 g/mol. The average Bonchev–Trinajstić information content (AvgIpc) is 2.75. The third-order valence-electron chi connectivity index (χ3n) is 7.10. The summed E-state index contributed by atoms with van der Waals surface area (Å²) in [4.78, 5) is 21.9. The van der Waals surface area contributed by atoms with Gasteiger partial charge in [0.15, 0.2) is 0 Å². The van der Waals surface area contributed by atoms with Crippen LogP contribution in [0.5, 0.6) is 0 Å². The Morgan fingerprint density at radius 1 is 0.516 bits per heavy atom. The second-order valence-corrected chi connectivity index (χ2v) is 9.55. The molecule has 0 aliphatic carbocycles. The van der Waals surface area contributed by atoms with E-state index in [9.17, 15) is 14.7 Å². The van der Waals surface area contributed by atoms with Crippen molar-refractivity contribution in [2.24, 2.45) is 5.41 Å². The number of carbonyl (C=O) groups is 2. The summed E-state index contributed by atoms with van der Waals surface area (Å²) < 4.78 is 0. The Morgan fingerprint density at radius 3 is 1.06 bits per heavy atom. The molecule has 0 fully saturated rings. The van der Waals surface area contributed by atoms with Gasteiger partial charge in [-0.2, -0.15) is 0 Å². The number of rotatable bonds is 24. The van der Waals surface area contributed by atoms with Gasteiger partial charge in [-0.05, 0) is 25.7 Å². The summed E-state index contributed by atoms with van der Waals surface area (Å²) in [5, 5.41) is 18.1. The van der Waals surface area contributed by atoms with Crippen LogP contribution in [-0.4, -0.2) is 22.2 Å². The van der Waals surface area contributed by atoms with E-state index < -0.39 is 17.4 Å². The number of hydrogen-bond acceptors (Lipinski definition) is 2. The van der Waals surface area contributed by atoms with Gasteiger partial charge in [0.1, 0.15) is 0 Å². The molecule has 2 N–H and O–H groups in total. The topological polar surface area (TPSA) is 74.6 Å². The van der Waals surface area contributed by atoms with Crippen LogP contribution in [0.15, 0.2) is 0 Å². The van der Waals surface area contributed by atoms with Gasteiger partial charge in [0, 0.05) is 6.42 Å². The molecule has 0 aliphatic rings. The molecule has 0 aromatic rings. The van der Waals surface area contributed by atoms with Gasteiger partial charge in [-0.15, -0.1) is 0 Å². The fourth-order valence-corrected chi connectivity index (χ4v) is 4.58. The van der Waals surface area contributed by atoms with Gasteiger partial charge in [-0.1, -0.05) is 123 Å². The zero-order chi connectivity index (χ0) is 23.2. The van der Waals surface area contributed by atoms with Crippen molar-refractivity contribution in [3.8, 4) is 0 Å². The molecule has 0 bridgehead atoms.